The second-order valence-electron chi connectivity index (χ2n) is 13.2. The van der Waals surface area contributed by atoms with E-state index in [-0.39, 0.29) is 49.8 Å². The first kappa shape index (κ1) is 36.1. The summed E-state index contributed by atoms with van der Waals surface area (Å²) in [5.74, 6) is 0.929. The van der Waals surface area contributed by atoms with Crippen molar-refractivity contribution in [3.8, 4) is 11.3 Å². The minimum atomic E-state index is -1.52. The summed E-state index contributed by atoms with van der Waals surface area (Å²) in [7, 11) is -1.52. The predicted molar refractivity (Wildman–Crippen MR) is 198 cm³/mol. The number of thiophene rings is 1. The Morgan fingerprint density at radius 3 is 2.17 bits per heavy atom. The van der Waals surface area contributed by atoms with Gasteiger partial charge in [-0.1, -0.05) is 109 Å². The van der Waals surface area contributed by atoms with Crippen LogP contribution >= 0.6 is 11.3 Å². The van der Waals surface area contributed by atoms with Gasteiger partial charge in [0.2, 0.25) is 0 Å². The van der Waals surface area contributed by atoms with Crippen LogP contribution < -0.4 is 5.19 Å². The number of benzene rings is 3. The summed E-state index contributed by atoms with van der Waals surface area (Å²) >= 11 is 1.77. The van der Waals surface area contributed by atoms with E-state index in [1.165, 1.54) is 26.9 Å². The number of rotatable bonds is 10. The van der Waals surface area contributed by atoms with Gasteiger partial charge in [0.05, 0.1) is 19.3 Å². The minimum absolute atomic E-state index is 0. The maximum Gasteiger partial charge on any atom is 0.162 e. The molecular weight excluding hydrogens is 781 g/mol. The molecule has 4 nitrogen and oxygen atoms in total. The van der Waals surface area contributed by atoms with Crippen LogP contribution in [0.5, 0.6) is 0 Å². The molecule has 247 valence electrons. The maximum absolute atomic E-state index is 11.7. The molecule has 0 fully saturated rings. The van der Waals surface area contributed by atoms with E-state index in [0.717, 1.165) is 57.9 Å². The number of hydrogen-bond donors (Lipinski definition) is 1. The van der Waals surface area contributed by atoms with Crippen molar-refractivity contribution in [3.05, 3.63) is 78.3 Å². The zero-order valence-corrected chi connectivity index (χ0v) is 33.0. The average molecular weight is 831 g/mol. The van der Waals surface area contributed by atoms with E-state index in [0.29, 0.717) is 5.92 Å². The molecule has 0 unspecified atom stereocenters. The second-order valence-corrected chi connectivity index (χ2v) is 19.3. The van der Waals surface area contributed by atoms with Gasteiger partial charge in [-0.05, 0) is 36.8 Å². The topological polar surface area (TPSA) is 63.1 Å². The molecule has 5 aromatic rings. The Kier molecular flexibility index (Phi) is 12.9. The molecule has 0 bridgehead atoms. The molecule has 2 aromatic heterocycles. The number of fused-ring (bicyclic) bond motifs is 4. The number of ketones is 1. The first-order chi connectivity index (χ1) is 21.8. The zero-order valence-electron chi connectivity index (χ0n) is 29.7. The van der Waals surface area contributed by atoms with Crippen LogP contribution in [-0.2, 0) is 24.9 Å². The molecule has 0 amide bonds. The van der Waals surface area contributed by atoms with Gasteiger partial charge in [-0.15, -0.1) is 40.5 Å². The molecule has 0 saturated heterocycles. The molecule has 2 heterocycles. The number of aliphatic hydroxyl groups is 1. The summed E-state index contributed by atoms with van der Waals surface area (Å²) in [5, 5.41) is 14.7. The van der Waals surface area contributed by atoms with E-state index < -0.39 is 8.07 Å². The van der Waals surface area contributed by atoms with Crippen LogP contribution in [0.3, 0.4) is 0 Å². The quantitative estimate of drug-likeness (QED) is 0.0659. The molecule has 5 rings (SSSR count). The molecule has 0 saturated carbocycles. The van der Waals surface area contributed by atoms with Crippen molar-refractivity contribution >= 4 is 61.5 Å². The molecule has 1 N–H and O–H groups in total. The van der Waals surface area contributed by atoms with Gasteiger partial charge in [-0.25, -0.2) is 4.98 Å². The van der Waals surface area contributed by atoms with Crippen LogP contribution in [0.15, 0.2) is 66.7 Å². The largest absolute Gasteiger partial charge is 0.512 e. The van der Waals surface area contributed by atoms with Gasteiger partial charge in [0.25, 0.3) is 0 Å². The molecule has 46 heavy (non-hydrogen) atoms. The Balaban J connectivity index is 0.000000322. The zero-order chi connectivity index (χ0) is 33.8. The third-order valence-corrected chi connectivity index (χ3v) is 12.3. The van der Waals surface area contributed by atoms with E-state index in [1.807, 2.05) is 27.7 Å². The van der Waals surface area contributed by atoms with Crippen LogP contribution in [0, 0.1) is 17.9 Å². The molecule has 0 spiro atoms. The fraction of sp³-hybridized carbons (Fsp3) is 0.410. The normalized spacial score (nSPS) is 12.5. The molecule has 1 radical (unpaired) electrons. The van der Waals surface area contributed by atoms with Crippen molar-refractivity contribution in [3.63, 3.8) is 0 Å². The van der Waals surface area contributed by atoms with Crippen molar-refractivity contribution in [2.45, 2.75) is 92.8 Å². The van der Waals surface area contributed by atoms with Crippen molar-refractivity contribution in [2.75, 3.05) is 0 Å². The van der Waals surface area contributed by atoms with E-state index in [2.05, 4.69) is 98.1 Å². The predicted octanol–water partition coefficient (Wildman–Crippen LogP) is 11.0. The summed E-state index contributed by atoms with van der Waals surface area (Å²) < 4.78 is 10.7. The van der Waals surface area contributed by atoms with Crippen molar-refractivity contribution in [1.82, 2.24) is 9.97 Å². The Morgan fingerprint density at radius 2 is 1.57 bits per heavy atom. The first-order valence-corrected chi connectivity index (χ1v) is 20.8. The van der Waals surface area contributed by atoms with Gasteiger partial charge in [0.15, 0.2) is 5.78 Å². The minimum Gasteiger partial charge on any atom is -0.512 e. The SMILES string of the molecule is CCC(CC)C(=O)/C=C(\O)C(CC)CC.[2H]c1nc(-c2[c-]c3ccccc3c(C(C)C)c2)c2sc3c([Si](C)(C)C)cccc3c2n1.[Ir]. The Hall–Kier alpha value is -2.70. The van der Waals surface area contributed by atoms with Gasteiger partial charge in [0, 0.05) is 58.5 Å². The molecule has 0 aliphatic rings. The molecule has 0 aliphatic heterocycles. The summed E-state index contributed by atoms with van der Waals surface area (Å²) in [6, 6.07) is 20.7. The number of hydrogen-bond acceptors (Lipinski definition) is 5. The molecular formula is C39H49IrN2O2SSi-. The number of carbonyl (C=O) groups is 1. The van der Waals surface area contributed by atoms with Crippen molar-refractivity contribution in [2.24, 2.45) is 11.8 Å². The van der Waals surface area contributed by atoms with E-state index in [9.17, 15) is 9.90 Å². The third kappa shape index (κ3) is 8.22. The number of allylic oxidation sites excluding steroid dienone is 2. The van der Waals surface area contributed by atoms with Gasteiger partial charge < -0.3 is 5.11 Å². The van der Waals surface area contributed by atoms with E-state index in [1.54, 1.807) is 11.3 Å². The third-order valence-electron chi connectivity index (χ3n) is 8.80. The maximum atomic E-state index is 11.7. The fourth-order valence-corrected chi connectivity index (χ4v) is 9.61. The molecule has 0 aliphatic carbocycles. The molecule has 3 aromatic carbocycles. The summed E-state index contributed by atoms with van der Waals surface area (Å²) in [4.78, 5) is 20.9. The Labute approximate surface area is 295 Å². The summed E-state index contributed by atoms with van der Waals surface area (Å²) in [5.41, 5.74) is 3.95. The Morgan fingerprint density at radius 1 is 0.935 bits per heavy atom. The van der Waals surface area contributed by atoms with Gasteiger partial charge in [-0.3, -0.25) is 9.78 Å². The summed E-state index contributed by atoms with van der Waals surface area (Å²) in [6.07, 6.45) is 4.97. The van der Waals surface area contributed by atoms with Crippen LogP contribution in [0.4, 0.5) is 0 Å². The second kappa shape index (κ2) is 16.4. The standard InChI is InChI=1S/C26H25N2SSi.C13H24O2.Ir/c1-16(2)21-14-18(13-17-9-6-7-10-19(17)21)23-26-24(28-15-27-23)20-11-8-12-22(25(20)29-26)30(3,4)5;1-5-10(6-2)12(14)9-13(15)11(7-3)8-4;/h6-12,14-16H,1-5H3;9-11,14H,5-8H2,1-4H3;/q-1;;/b;12-9-;/i15D;;. The van der Waals surface area contributed by atoms with Crippen LogP contribution in [0.1, 0.15) is 80.1 Å². The van der Waals surface area contributed by atoms with Crippen LogP contribution in [0.25, 0.3) is 42.3 Å². The van der Waals surface area contributed by atoms with Crippen LogP contribution in [0.2, 0.25) is 19.6 Å². The number of carbonyl (C=O) groups excluding carboxylic acids is 1. The van der Waals surface area contributed by atoms with E-state index in [4.69, 9.17) is 1.37 Å². The Bertz CT molecular complexity index is 1870. The number of aromatic nitrogens is 2. The monoisotopic (exact) mass is 831 g/mol. The average Bonchev–Trinajstić information content (AvgIpc) is 3.39. The van der Waals surface area contributed by atoms with E-state index >= 15 is 0 Å². The van der Waals surface area contributed by atoms with Gasteiger partial charge in [0.1, 0.15) is 7.67 Å². The number of aliphatic hydroxyl groups excluding tert-OH is 1. The van der Waals surface area contributed by atoms with Gasteiger partial charge >= 0.3 is 0 Å². The van der Waals surface area contributed by atoms with Gasteiger partial charge in [-0.2, -0.15) is 0 Å². The first-order valence-electron chi connectivity index (χ1n) is 16.9. The van der Waals surface area contributed by atoms with Crippen molar-refractivity contribution < 1.29 is 31.4 Å². The number of nitrogens with zero attached hydrogens (tertiary/aromatic N) is 2. The summed E-state index contributed by atoms with van der Waals surface area (Å²) in [6.45, 7) is 19.6. The fourth-order valence-electron chi connectivity index (χ4n) is 5.97. The smallest absolute Gasteiger partial charge is 0.162 e. The molecule has 0 atom stereocenters. The molecule has 7 heteroatoms. The van der Waals surface area contributed by atoms with Crippen LogP contribution in [-0.4, -0.2) is 28.9 Å². The van der Waals surface area contributed by atoms with Crippen molar-refractivity contribution in [1.29, 1.82) is 0 Å².